The zero-order chi connectivity index (χ0) is 19.5. The number of carboxylic acid groups (broad SMARTS) is 2. The van der Waals surface area contributed by atoms with Gasteiger partial charge in [0.2, 0.25) is 0 Å². The maximum absolute atomic E-state index is 10.5. The first-order valence-corrected chi connectivity index (χ1v) is 7.35. The molecule has 0 atom stereocenters. The highest BCUT2D eigenvalue weighted by Gasteiger charge is 2.02. The number of oxime groups is 1. The predicted molar refractivity (Wildman–Crippen MR) is 93.2 cm³/mol. The van der Waals surface area contributed by atoms with Crippen LogP contribution in [0.5, 0.6) is 0 Å². The molecular weight excluding hydrogens is 338 g/mol. The van der Waals surface area contributed by atoms with E-state index in [1.807, 2.05) is 6.07 Å². The molecule has 0 radical (unpaired) electrons. The Balaban J connectivity index is 0.000000263. The molecule has 8 nitrogen and oxygen atoms in total. The number of carboxylic acids is 2. The highest BCUT2D eigenvalue weighted by molar-refractivity contribution is 5.88. The van der Waals surface area contributed by atoms with E-state index in [0.717, 1.165) is 11.1 Å². The summed E-state index contributed by atoms with van der Waals surface area (Å²) in [5.41, 5.74) is 7.38. The highest BCUT2D eigenvalue weighted by atomic mass is 16.4. The fourth-order valence-electron chi connectivity index (χ4n) is 1.87. The lowest BCUT2D eigenvalue weighted by molar-refractivity contribution is 0.0686. The summed E-state index contributed by atoms with van der Waals surface area (Å²) in [6.07, 6.45) is 0.621. The van der Waals surface area contributed by atoms with Crippen molar-refractivity contribution >= 4 is 17.8 Å². The van der Waals surface area contributed by atoms with Gasteiger partial charge in [-0.25, -0.2) is 9.59 Å². The van der Waals surface area contributed by atoms with Crippen LogP contribution >= 0.6 is 0 Å². The Bertz CT molecular complexity index is 821. The van der Waals surface area contributed by atoms with E-state index in [0.29, 0.717) is 12.8 Å². The molecule has 0 fully saturated rings. The van der Waals surface area contributed by atoms with E-state index in [1.54, 1.807) is 24.3 Å². The first-order valence-electron chi connectivity index (χ1n) is 7.35. The van der Waals surface area contributed by atoms with E-state index in [1.165, 1.54) is 24.3 Å². The van der Waals surface area contributed by atoms with Crippen LogP contribution in [0.4, 0.5) is 0 Å². The lowest BCUT2D eigenvalue weighted by atomic mass is 10.1. The molecule has 5 N–H and O–H groups in total. The van der Waals surface area contributed by atoms with Crippen LogP contribution in [0.2, 0.25) is 0 Å². The largest absolute Gasteiger partial charge is 0.478 e. The summed E-state index contributed by atoms with van der Waals surface area (Å²) in [7, 11) is 0. The topological polar surface area (TPSA) is 157 Å². The molecule has 0 aliphatic rings. The monoisotopic (exact) mass is 355 g/mol. The number of carbonyl (C=O) groups is 2. The van der Waals surface area contributed by atoms with Crippen molar-refractivity contribution in [2.24, 2.45) is 10.9 Å². The molecule has 2 rings (SSSR count). The first kappa shape index (κ1) is 20.2. The van der Waals surface area contributed by atoms with Gasteiger partial charge in [0, 0.05) is 6.42 Å². The molecule has 2 aromatic rings. The van der Waals surface area contributed by atoms with Gasteiger partial charge in [-0.2, -0.15) is 5.26 Å². The Hall–Kier alpha value is -3.86. The molecule has 134 valence electrons. The second-order valence-corrected chi connectivity index (χ2v) is 5.11. The van der Waals surface area contributed by atoms with Gasteiger partial charge < -0.3 is 21.2 Å². The average Bonchev–Trinajstić information content (AvgIpc) is 2.63. The molecule has 0 bridgehead atoms. The molecule has 0 spiro atoms. The van der Waals surface area contributed by atoms with E-state index >= 15 is 0 Å². The molecule has 0 unspecified atom stereocenters. The van der Waals surface area contributed by atoms with Crippen molar-refractivity contribution in [3.05, 3.63) is 70.8 Å². The number of hydrogen-bond acceptors (Lipinski definition) is 5. The predicted octanol–water partition coefficient (Wildman–Crippen LogP) is 2.12. The summed E-state index contributed by atoms with van der Waals surface area (Å²) in [5, 5.41) is 36.6. The van der Waals surface area contributed by atoms with E-state index in [4.69, 9.17) is 26.4 Å². The summed E-state index contributed by atoms with van der Waals surface area (Å²) in [5.74, 6) is -1.83. The maximum Gasteiger partial charge on any atom is 0.335 e. The van der Waals surface area contributed by atoms with Crippen molar-refractivity contribution in [1.82, 2.24) is 0 Å². The number of nitriles is 1. The third-order valence-corrected chi connectivity index (χ3v) is 3.20. The Kier molecular flexibility index (Phi) is 7.84. The van der Waals surface area contributed by atoms with E-state index in [-0.39, 0.29) is 17.0 Å². The fourth-order valence-corrected chi connectivity index (χ4v) is 1.87. The van der Waals surface area contributed by atoms with E-state index in [2.05, 4.69) is 5.16 Å². The Morgan fingerprint density at radius 3 is 1.69 bits per heavy atom. The minimum absolute atomic E-state index is 0.0908. The molecule has 0 heterocycles. The number of benzene rings is 2. The molecule has 26 heavy (non-hydrogen) atoms. The quantitative estimate of drug-likeness (QED) is 0.277. The van der Waals surface area contributed by atoms with Gasteiger partial charge in [-0.1, -0.05) is 29.4 Å². The Morgan fingerprint density at radius 1 is 0.923 bits per heavy atom. The van der Waals surface area contributed by atoms with Gasteiger partial charge in [0.25, 0.3) is 0 Å². The number of nitrogens with zero attached hydrogens (tertiary/aromatic N) is 2. The number of hydrogen-bond donors (Lipinski definition) is 4. The van der Waals surface area contributed by atoms with Gasteiger partial charge in [-0.05, 0) is 35.4 Å². The third kappa shape index (κ3) is 6.72. The average molecular weight is 355 g/mol. The molecular formula is C18H17N3O5. The van der Waals surface area contributed by atoms with Crippen molar-refractivity contribution in [2.75, 3.05) is 0 Å². The van der Waals surface area contributed by atoms with Crippen molar-refractivity contribution < 1.29 is 25.0 Å². The lowest BCUT2D eigenvalue weighted by Gasteiger charge is -1.99. The van der Waals surface area contributed by atoms with E-state index < -0.39 is 11.9 Å². The van der Waals surface area contributed by atoms with Gasteiger partial charge >= 0.3 is 11.9 Å². The highest BCUT2D eigenvalue weighted by Crippen LogP contribution is 2.05. The van der Waals surface area contributed by atoms with Gasteiger partial charge in [-0.3, -0.25) is 0 Å². The standard InChI is InChI=1S/C9H10N2O3.C9H7NO2/c10-8(11-14)5-6-1-3-7(4-2-6)9(12)13;10-6-5-7-1-3-8(4-2-7)9(11)12/h1-4,14H,5H2,(H2,10,11)(H,12,13);1-4H,5H2,(H,11,12). The van der Waals surface area contributed by atoms with E-state index in [9.17, 15) is 9.59 Å². The van der Waals surface area contributed by atoms with Gasteiger partial charge in [0.15, 0.2) is 0 Å². The third-order valence-electron chi connectivity index (χ3n) is 3.20. The molecule has 0 aromatic heterocycles. The molecule has 0 saturated heterocycles. The fraction of sp³-hybridized carbons (Fsp3) is 0.111. The van der Waals surface area contributed by atoms with Crippen LogP contribution in [0.1, 0.15) is 31.8 Å². The second-order valence-electron chi connectivity index (χ2n) is 5.11. The molecule has 2 aromatic carbocycles. The summed E-state index contributed by atoms with van der Waals surface area (Å²) >= 11 is 0. The van der Waals surface area contributed by atoms with Crippen molar-refractivity contribution in [3.8, 4) is 6.07 Å². The molecule has 0 aliphatic heterocycles. The van der Waals surface area contributed by atoms with Crippen LogP contribution in [0.25, 0.3) is 0 Å². The summed E-state index contributed by atoms with van der Waals surface area (Å²) in [6, 6.07) is 14.5. The Labute approximate surface area is 149 Å². The number of amidine groups is 1. The number of rotatable bonds is 5. The number of nitrogens with two attached hydrogens (primary N) is 1. The summed E-state index contributed by atoms with van der Waals surface area (Å²) < 4.78 is 0. The van der Waals surface area contributed by atoms with Crippen LogP contribution in [-0.4, -0.2) is 33.2 Å². The second kappa shape index (κ2) is 10.1. The van der Waals surface area contributed by atoms with Crippen molar-refractivity contribution in [1.29, 1.82) is 5.26 Å². The summed E-state index contributed by atoms with van der Waals surface area (Å²) in [6.45, 7) is 0. The summed E-state index contributed by atoms with van der Waals surface area (Å²) in [4.78, 5) is 20.9. The van der Waals surface area contributed by atoms with Crippen LogP contribution in [-0.2, 0) is 12.8 Å². The van der Waals surface area contributed by atoms with Crippen molar-refractivity contribution in [3.63, 3.8) is 0 Å². The van der Waals surface area contributed by atoms with Gasteiger partial charge in [-0.15, -0.1) is 0 Å². The van der Waals surface area contributed by atoms with Crippen LogP contribution in [0.15, 0.2) is 53.7 Å². The SMILES string of the molecule is N#CCc1ccc(C(=O)O)cc1.N/C(Cc1ccc(C(=O)O)cc1)=N\O. The smallest absolute Gasteiger partial charge is 0.335 e. The molecule has 0 amide bonds. The first-order chi connectivity index (χ1) is 12.4. The van der Waals surface area contributed by atoms with Crippen LogP contribution in [0.3, 0.4) is 0 Å². The van der Waals surface area contributed by atoms with Gasteiger partial charge in [0.1, 0.15) is 5.84 Å². The zero-order valence-electron chi connectivity index (χ0n) is 13.7. The van der Waals surface area contributed by atoms with Crippen LogP contribution in [0, 0.1) is 11.3 Å². The normalized spacial score (nSPS) is 10.2. The molecule has 0 aliphatic carbocycles. The Morgan fingerprint density at radius 2 is 1.35 bits per heavy atom. The molecule has 8 heteroatoms. The van der Waals surface area contributed by atoms with Gasteiger partial charge in [0.05, 0.1) is 23.6 Å². The minimum Gasteiger partial charge on any atom is -0.478 e. The minimum atomic E-state index is -0.972. The van der Waals surface area contributed by atoms with Crippen molar-refractivity contribution in [2.45, 2.75) is 12.8 Å². The number of aromatic carboxylic acids is 2. The lowest BCUT2D eigenvalue weighted by Crippen LogP contribution is -2.14. The van der Waals surface area contributed by atoms with Crippen LogP contribution < -0.4 is 5.73 Å². The maximum atomic E-state index is 10.5. The zero-order valence-corrected chi connectivity index (χ0v) is 13.7. The molecule has 0 saturated carbocycles.